The Morgan fingerprint density at radius 1 is 1.18 bits per heavy atom. The summed E-state index contributed by atoms with van der Waals surface area (Å²) in [6.45, 7) is 6.58. The van der Waals surface area contributed by atoms with Crippen molar-refractivity contribution in [1.29, 1.82) is 0 Å². The normalized spacial score (nSPS) is 14.0. The van der Waals surface area contributed by atoms with Crippen molar-refractivity contribution < 1.29 is 4.79 Å². The minimum Gasteiger partial charge on any atom is -0.357 e. The maximum absolute atomic E-state index is 12.3. The number of pyridine rings is 1. The molecule has 8 nitrogen and oxygen atoms in total. The molecule has 0 bridgehead atoms. The van der Waals surface area contributed by atoms with Crippen molar-refractivity contribution in [1.82, 2.24) is 29.9 Å². The van der Waals surface area contributed by atoms with Crippen LogP contribution in [0.5, 0.6) is 0 Å². The highest BCUT2D eigenvalue weighted by Crippen LogP contribution is 2.18. The highest BCUT2D eigenvalue weighted by molar-refractivity contribution is 5.76. The molecule has 8 heteroatoms. The Kier molecular flexibility index (Phi) is 5.18. The van der Waals surface area contributed by atoms with E-state index in [0.29, 0.717) is 25.2 Å². The molecule has 4 heterocycles. The number of carbonyl (C=O) groups is 1. The van der Waals surface area contributed by atoms with E-state index in [0.717, 1.165) is 41.4 Å². The number of aromatic nitrogens is 5. The molecule has 0 radical (unpaired) electrons. The van der Waals surface area contributed by atoms with E-state index in [-0.39, 0.29) is 5.91 Å². The number of aryl methyl sites for hydroxylation is 2. The summed E-state index contributed by atoms with van der Waals surface area (Å²) in [4.78, 5) is 27.7. The molecule has 4 rings (SSSR count). The molecule has 0 unspecified atom stereocenters. The summed E-state index contributed by atoms with van der Waals surface area (Å²) in [7, 11) is 0. The van der Waals surface area contributed by atoms with E-state index in [9.17, 15) is 4.79 Å². The first-order valence-corrected chi connectivity index (χ1v) is 9.74. The third-order valence-corrected chi connectivity index (χ3v) is 5.32. The molecule has 0 aromatic carbocycles. The average Bonchev–Trinajstić information content (AvgIpc) is 3.38. The molecule has 146 valence electrons. The number of rotatable bonds is 6. The maximum Gasteiger partial charge on any atom is 0.252 e. The van der Waals surface area contributed by atoms with E-state index in [2.05, 4.69) is 30.3 Å². The van der Waals surface area contributed by atoms with Crippen molar-refractivity contribution in [2.75, 3.05) is 18.0 Å². The van der Waals surface area contributed by atoms with E-state index < -0.39 is 0 Å². The largest absolute Gasteiger partial charge is 0.357 e. The van der Waals surface area contributed by atoms with Gasteiger partial charge in [0, 0.05) is 43.6 Å². The van der Waals surface area contributed by atoms with E-state index in [1.54, 1.807) is 4.52 Å². The molecule has 0 saturated carbocycles. The fourth-order valence-electron chi connectivity index (χ4n) is 3.70. The molecule has 1 fully saturated rings. The van der Waals surface area contributed by atoms with Gasteiger partial charge in [0.15, 0.2) is 0 Å². The van der Waals surface area contributed by atoms with Gasteiger partial charge >= 0.3 is 0 Å². The molecule has 0 spiro atoms. The lowest BCUT2D eigenvalue weighted by Crippen LogP contribution is -2.24. The number of amides is 1. The van der Waals surface area contributed by atoms with Crippen LogP contribution in [0.1, 0.15) is 41.8 Å². The number of fused-ring (bicyclic) bond motifs is 1. The summed E-state index contributed by atoms with van der Waals surface area (Å²) in [6.07, 6.45) is 6.84. The monoisotopic (exact) mass is 379 g/mol. The van der Waals surface area contributed by atoms with Crippen LogP contribution in [-0.2, 0) is 17.8 Å². The zero-order valence-corrected chi connectivity index (χ0v) is 16.4. The Morgan fingerprint density at radius 2 is 2.00 bits per heavy atom. The maximum atomic E-state index is 12.3. The van der Waals surface area contributed by atoms with Gasteiger partial charge in [0.2, 0.25) is 5.91 Å². The van der Waals surface area contributed by atoms with Gasteiger partial charge in [-0.1, -0.05) is 6.07 Å². The van der Waals surface area contributed by atoms with Gasteiger partial charge in [0.05, 0.1) is 0 Å². The molecule has 1 aliphatic rings. The summed E-state index contributed by atoms with van der Waals surface area (Å²) < 4.78 is 1.72. The molecule has 1 aliphatic heterocycles. The zero-order valence-electron chi connectivity index (χ0n) is 16.4. The van der Waals surface area contributed by atoms with Crippen LogP contribution in [-0.4, -0.2) is 43.6 Å². The highest BCUT2D eigenvalue weighted by atomic mass is 16.1. The molecular weight excluding hydrogens is 354 g/mol. The molecule has 1 saturated heterocycles. The van der Waals surface area contributed by atoms with Crippen LogP contribution in [0.4, 0.5) is 5.82 Å². The summed E-state index contributed by atoms with van der Waals surface area (Å²) >= 11 is 0. The Bertz CT molecular complexity index is 974. The number of carbonyl (C=O) groups excluding carboxylic acids is 1. The van der Waals surface area contributed by atoms with Gasteiger partial charge in [0.1, 0.15) is 12.1 Å². The molecule has 3 aromatic heterocycles. The lowest BCUT2D eigenvalue weighted by molar-refractivity contribution is -0.121. The van der Waals surface area contributed by atoms with E-state index in [4.69, 9.17) is 0 Å². The molecular formula is C20H25N7O. The highest BCUT2D eigenvalue weighted by Gasteiger charge is 2.14. The topological polar surface area (TPSA) is 88.3 Å². The second-order valence-electron chi connectivity index (χ2n) is 7.23. The van der Waals surface area contributed by atoms with E-state index in [1.807, 2.05) is 32.2 Å². The lowest BCUT2D eigenvalue weighted by atomic mass is 10.1. The van der Waals surface area contributed by atoms with Crippen molar-refractivity contribution in [2.45, 2.75) is 46.1 Å². The van der Waals surface area contributed by atoms with Crippen LogP contribution < -0.4 is 10.2 Å². The van der Waals surface area contributed by atoms with Crippen LogP contribution in [0.15, 0.2) is 24.7 Å². The van der Waals surface area contributed by atoms with Gasteiger partial charge in [-0.15, -0.1) is 0 Å². The van der Waals surface area contributed by atoms with Gasteiger partial charge < -0.3 is 10.2 Å². The zero-order chi connectivity index (χ0) is 19.5. The summed E-state index contributed by atoms with van der Waals surface area (Å²) in [5.41, 5.74) is 3.93. The molecule has 28 heavy (non-hydrogen) atoms. The Balaban J connectivity index is 1.31. The molecule has 1 amide bonds. The van der Waals surface area contributed by atoms with Gasteiger partial charge in [-0.3, -0.25) is 4.79 Å². The molecule has 3 aromatic rings. The Hall–Kier alpha value is -3.03. The predicted molar refractivity (Wildman–Crippen MR) is 106 cm³/mol. The van der Waals surface area contributed by atoms with Crippen LogP contribution in [0, 0.1) is 13.8 Å². The number of nitrogens with one attached hydrogen (secondary N) is 1. The van der Waals surface area contributed by atoms with Gasteiger partial charge in [-0.25, -0.2) is 14.5 Å². The third-order valence-electron chi connectivity index (χ3n) is 5.32. The van der Waals surface area contributed by atoms with Crippen molar-refractivity contribution in [2.24, 2.45) is 0 Å². The minimum absolute atomic E-state index is 0.0149. The van der Waals surface area contributed by atoms with Crippen LogP contribution >= 0.6 is 0 Å². The van der Waals surface area contributed by atoms with Gasteiger partial charge in [-0.05, 0) is 50.3 Å². The predicted octanol–water partition coefficient (Wildman–Crippen LogP) is 1.99. The third kappa shape index (κ3) is 3.81. The number of hydrogen-bond acceptors (Lipinski definition) is 6. The summed E-state index contributed by atoms with van der Waals surface area (Å²) in [5.74, 6) is 1.63. The Labute approximate surface area is 164 Å². The molecule has 1 N–H and O–H groups in total. The standard InChI is InChI=1S/C20H25N7O/c1-14-17(15(2)27-20(25-14)23-13-24-27)6-8-19(28)22-12-16-5-7-18(21-11-16)26-9-3-4-10-26/h5,7,11,13H,3-4,6,8-10,12H2,1-2H3,(H,22,28). The number of nitrogens with zero attached hydrogens (tertiary/aromatic N) is 6. The fourth-order valence-corrected chi connectivity index (χ4v) is 3.70. The second-order valence-corrected chi connectivity index (χ2v) is 7.23. The van der Waals surface area contributed by atoms with Crippen molar-refractivity contribution >= 4 is 17.5 Å². The SMILES string of the molecule is Cc1nc2ncnn2c(C)c1CCC(=O)NCc1ccc(N2CCCC2)nc1. The molecule has 0 aliphatic carbocycles. The van der Waals surface area contributed by atoms with Crippen LogP contribution in [0.2, 0.25) is 0 Å². The first kappa shape index (κ1) is 18.3. The van der Waals surface area contributed by atoms with Crippen LogP contribution in [0.3, 0.4) is 0 Å². The van der Waals surface area contributed by atoms with Gasteiger partial charge in [-0.2, -0.15) is 10.1 Å². The summed E-state index contributed by atoms with van der Waals surface area (Å²) in [6, 6.07) is 4.08. The van der Waals surface area contributed by atoms with Crippen molar-refractivity contribution in [3.63, 3.8) is 0 Å². The quantitative estimate of drug-likeness (QED) is 0.705. The first-order valence-electron chi connectivity index (χ1n) is 9.74. The van der Waals surface area contributed by atoms with Crippen LogP contribution in [0.25, 0.3) is 5.78 Å². The Morgan fingerprint density at radius 3 is 2.75 bits per heavy atom. The second kappa shape index (κ2) is 7.92. The lowest BCUT2D eigenvalue weighted by Gasteiger charge is -2.16. The number of hydrogen-bond donors (Lipinski definition) is 1. The van der Waals surface area contributed by atoms with E-state index in [1.165, 1.54) is 19.2 Å². The fraction of sp³-hybridized carbons (Fsp3) is 0.450. The van der Waals surface area contributed by atoms with Gasteiger partial charge in [0.25, 0.3) is 5.78 Å². The smallest absolute Gasteiger partial charge is 0.252 e. The average molecular weight is 379 g/mol. The minimum atomic E-state index is 0.0149. The molecule has 0 atom stereocenters. The first-order chi connectivity index (χ1) is 13.6. The summed E-state index contributed by atoms with van der Waals surface area (Å²) in [5, 5.41) is 7.17. The van der Waals surface area contributed by atoms with Crippen molar-refractivity contribution in [3.05, 3.63) is 47.2 Å². The number of anilines is 1. The van der Waals surface area contributed by atoms with E-state index >= 15 is 0 Å². The van der Waals surface area contributed by atoms with Crippen molar-refractivity contribution in [3.8, 4) is 0 Å².